The van der Waals surface area contributed by atoms with Gasteiger partial charge in [-0.1, -0.05) is 13.3 Å². The molecule has 0 aromatic carbocycles. The highest BCUT2D eigenvalue weighted by atomic mass is 16.2. The summed E-state index contributed by atoms with van der Waals surface area (Å²) in [6, 6.07) is 0.222. The maximum absolute atomic E-state index is 11.8. The van der Waals surface area contributed by atoms with Crippen LogP contribution in [-0.4, -0.2) is 29.7 Å². The lowest BCUT2D eigenvalue weighted by Crippen LogP contribution is -2.62. The van der Waals surface area contributed by atoms with Gasteiger partial charge in [0.2, 0.25) is 0 Å². The molecule has 1 aliphatic rings. The summed E-state index contributed by atoms with van der Waals surface area (Å²) < 4.78 is 0. The Hall–Kier alpha value is -0.770. The monoisotopic (exact) mass is 255 g/mol. The number of piperidine rings is 1. The van der Waals surface area contributed by atoms with Gasteiger partial charge in [-0.2, -0.15) is 0 Å². The van der Waals surface area contributed by atoms with Crippen LogP contribution in [0.4, 0.5) is 4.79 Å². The lowest BCUT2D eigenvalue weighted by Gasteiger charge is -2.46. The molecule has 0 aromatic heterocycles. The molecule has 106 valence electrons. The van der Waals surface area contributed by atoms with Gasteiger partial charge in [-0.05, 0) is 47.0 Å². The minimum absolute atomic E-state index is 0.0260. The minimum Gasteiger partial charge on any atom is -0.338 e. The van der Waals surface area contributed by atoms with Crippen molar-refractivity contribution in [2.75, 3.05) is 6.54 Å². The van der Waals surface area contributed by atoms with E-state index in [2.05, 4.69) is 50.6 Å². The summed E-state index contributed by atoms with van der Waals surface area (Å²) in [7, 11) is 0. The number of nitrogens with one attached hydrogen (secondary N) is 3. The molecule has 1 aliphatic heterocycles. The van der Waals surface area contributed by atoms with Crippen LogP contribution in [0.15, 0.2) is 0 Å². The van der Waals surface area contributed by atoms with Gasteiger partial charge < -0.3 is 16.0 Å². The Bertz CT molecular complexity index is 271. The van der Waals surface area contributed by atoms with Crippen LogP contribution >= 0.6 is 0 Å². The van der Waals surface area contributed by atoms with Crippen LogP contribution in [0, 0.1) is 0 Å². The second-order valence-corrected chi connectivity index (χ2v) is 6.75. The minimum atomic E-state index is -0.0260. The van der Waals surface area contributed by atoms with Gasteiger partial charge in [-0.15, -0.1) is 0 Å². The summed E-state index contributed by atoms with van der Waals surface area (Å²) in [6.07, 6.45) is 4.08. The highest BCUT2D eigenvalue weighted by molar-refractivity contribution is 5.74. The number of hydrogen-bond donors (Lipinski definition) is 3. The van der Waals surface area contributed by atoms with E-state index in [1.54, 1.807) is 0 Å². The molecule has 1 heterocycles. The Morgan fingerprint density at radius 2 is 1.78 bits per heavy atom. The fraction of sp³-hybridized carbons (Fsp3) is 0.929. The third-order valence-corrected chi connectivity index (χ3v) is 3.34. The molecule has 0 unspecified atom stereocenters. The molecule has 1 rings (SSSR count). The van der Waals surface area contributed by atoms with E-state index in [-0.39, 0.29) is 23.2 Å². The van der Waals surface area contributed by atoms with Gasteiger partial charge in [0.25, 0.3) is 0 Å². The lowest BCUT2D eigenvalue weighted by atomic mass is 9.80. The van der Waals surface area contributed by atoms with Gasteiger partial charge in [0.1, 0.15) is 0 Å². The van der Waals surface area contributed by atoms with Crippen LogP contribution in [0.1, 0.15) is 60.3 Å². The van der Waals surface area contributed by atoms with Gasteiger partial charge in [-0.25, -0.2) is 4.79 Å². The quantitative estimate of drug-likeness (QED) is 0.676. The van der Waals surface area contributed by atoms with Crippen molar-refractivity contribution in [2.24, 2.45) is 0 Å². The van der Waals surface area contributed by atoms with Crippen molar-refractivity contribution in [3.63, 3.8) is 0 Å². The van der Waals surface area contributed by atoms with E-state index in [4.69, 9.17) is 0 Å². The number of urea groups is 1. The Balaban J connectivity index is 2.44. The Morgan fingerprint density at radius 3 is 2.28 bits per heavy atom. The Morgan fingerprint density at radius 1 is 1.22 bits per heavy atom. The summed E-state index contributed by atoms with van der Waals surface area (Å²) in [4.78, 5) is 11.8. The summed E-state index contributed by atoms with van der Waals surface area (Å²) >= 11 is 0. The standard InChI is InChI=1S/C14H29N3O/c1-6-7-8-15-12(18)16-11-9-13(2,3)17-14(4,5)10-11/h11,17H,6-10H2,1-5H3,(H2,15,16,18). The van der Waals surface area contributed by atoms with Gasteiger partial charge in [0, 0.05) is 23.7 Å². The smallest absolute Gasteiger partial charge is 0.315 e. The summed E-state index contributed by atoms with van der Waals surface area (Å²) in [5.41, 5.74) is 0.145. The first-order chi connectivity index (χ1) is 8.24. The molecule has 4 heteroatoms. The predicted octanol–water partition coefficient (Wildman–Crippen LogP) is 2.39. The number of carbonyl (C=O) groups is 1. The predicted molar refractivity (Wildman–Crippen MR) is 75.8 cm³/mol. The molecule has 4 nitrogen and oxygen atoms in total. The molecule has 0 atom stereocenters. The molecular weight excluding hydrogens is 226 g/mol. The zero-order valence-electron chi connectivity index (χ0n) is 12.5. The molecule has 1 fully saturated rings. The fourth-order valence-corrected chi connectivity index (χ4v) is 3.04. The van der Waals surface area contributed by atoms with Crippen LogP contribution in [0.2, 0.25) is 0 Å². The first-order valence-corrected chi connectivity index (χ1v) is 7.08. The van der Waals surface area contributed by atoms with Crippen LogP contribution in [0.5, 0.6) is 0 Å². The molecule has 1 saturated heterocycles. The number of amides is 2. The zero-order valence-corrected chi connectivity index (χ0v) is 12.5. The van der Waals surface area contributed by atoms with Gasteiger partial charge in [0.05, 0.1) is 0 Å². The number of hydrogen-bond acceptors (Lipinski definition) is 2. The van der Waals surface area contributed by atoms with Crippen LogP contribution in [0.25, 0.3) is 0 Å². The number of carbonyl (C=O) groups excluding carboxylic acids is 1. The molecule has 0 radical (unpaired) electrons. The summed E-state index contributed by atoms with van der Waals surface area (Å²) in [5.74, 6) is 0. The molecule has 0 bridgehead atoms. The average molecular weight is 255 g/mol. The van der Waals surface area contributed by atoms with E-state index >= 15 is 0 Å². The summed E-state index contributed by atoms with van der Waals surface area (Å²) in [5, 5.41) is 9.63. The molecular formula is C14H29N3O. The molecule has 2 amide bonds. The lowest BCUT2D eigenvalue weighted by molar-refractivity contribution is 0.147. The molecule has 0 aliphatic carbocycles. The van der Waals surface area contributed by atoms with Crippen LogP contribution < -0.4 is 16.0 Å². The molecule has 3 N–H and O–H groups in total. The average Bonchev–Trinajstić information content (AvgIpc) is 2.12. The molecule has 18 heavy (non-hydrogen) atoms. The molecule has 0 spiro atoms. The fourth-order valence-electron chi connectivity index (χ4n) is 3.04. The largest absolute Gasteiger partial charge is 0.338 e. The van der Waals surface area contributed by atoms with E-state index in [9.17, 15) is 4.79 Å². The van der Waals surface area contributed by atoms with Crippen molar-refractivity contribution in [3.05, 3.63) is 0 Å². The van der Waals surface area contributed by atoms with E-state index in [0.717, 1.165) is 32.2 Å². The van der Waals surface area contributed by atoms with E-state index in [0.29, 0.717) is 0 Å². The van der Waals surface area contributed by atoms with Crippen molar-refractivity contribution in [3.8, 4) is 0 Å². The SMILES string of the molecule is CCCCNC(=O)NC1CC(C)(C)NC(C)(C)C1. The van der Waals surface area contributed by atoms with Gasteiger partial charge in [-0.3, -0.25) is 0 Å². The van der Waals surface area contributed by atoms with E-state index in [1.807, 2.05) is 0 Å². The van der Waals surface area contributed by atoms with E-state index < -0.39 is 0 Å². The maximum Gasteiger partial charge on any atom is 0.315 e. The van der Waals surface area contributed by atoms with Crippen molar-refractivity contribution in [1.29, 1.82) is 0 Å². The first kappa shape index (κ1) is 15.3. The van der Waals surface area contributed by atoms with Crippen LogP contribution in [-0.2, 0) is 0 Å². The highest BCUT2D eigenvalue weighted by Gasteiger charge is 2.38. The Kier molecular flexibility index (Phi) is 5.02. The van der Waals surface area contributed by atoms with Crippen molar-refractivity contribution >= 4 is 6.03 Å². The normalized spacial score (nSPS) is 22.5. The van der Waals surface area contributed by atoms with Gasteiger partial charge in [0.15, 0.2) is 0 Å². The first-order valence-electron chi connectivity index (χ1n) is 7.08. The molecule has 0 aromatic rings. The topological polar surface area (TPSA) is 53.2 Å². The summed E-state index contributed by atoms with van der Waals surface area (Å²) in [6.45, 7) is 11.7. The second kappa shape index (κ2) is 5.91. The number of rotatable bonds is 4. The molecule has 0 saturated carbocycles. The van der Waals surface area contributed by atoms with E-state index in [1.165, 1.54) is 0 Å². The second-order valence-electron chi connectivity index (χ2n) is 6.75. The third kappa shape index (κ3) is 5.25. The van der Waals surface area contributed by atoms with Crippen molar-refractivity contribution in [2.45, 2.75) is 77.4 Å². The third-order valence-electron chi connectivity index (χ3n) is 3.34. The maximum atomic E-state index is 11.8. The number of unbranched alkanes of at least 4 members (excludes halogenated alkanes) is 1. The highest BCUT2D eigenvalue weighted by Crippen LogP contribution is 2.28. The van der Waals surface area contributed by atoms with Gasteiger partial charge >= 0.3 is 6.03 Å². The van der Waals surface area contributed by atoms with Crippen molar-refractivity contribution in [1.82, 2.24) is 16.0 Å². The van der Waals surface area contributed by atoms with Crippen molar-refractivity contribution < 1.29 is 4.79 Å². The zero-order chi connectivity index (χ0) is 13.8. The Labute approximate surface area is 111 Å². The van der Waals surface area contributed by atoms with Crippen LogP contribution in [0.3, 0.4) is 0 Å².